The Morgan fingerprint density at radius 2 is 2.20 bits per heavy atom. The fraction of sp³-hybridized carbons (Fsp3) is 0.714. The molecule has 0 saturated carbocycles. The van der Waals surface area contributed by atoms with Crippen LogP contribution in [0.1, 0.15) is 49.8 Å². The van der Waals surface area contributed by atoms with E-state index >= 15 is 0 Å². The number of hydrogen-bond donors (Lipinski definition) is 3. The molecule has 1 rings (SSSR count). The third kappa shape index (κ3) is 4.52. The summed E-state index contributed by atoms with van der Waals surface area (Å²) < 4.78 is 0. The van der Waals surface area contributed by atoms with E-state index in [1.54, 1.807) is 0 Å². The van der Waals surface area contributed by atoms with E-state index in [2.05, 4.69) is 48.2 Å². The standard InChI is InChI=1S/C14H27N5O/c1-5-7-11-12(15)13(18-17-11)14(20)16-8-6-9-19(4)10(2)3/h10H,5-9,15H2,1-4H3,(H,16,20)(H,17,18). The van der Waals surface area contributed by atoms with Gasteiger partial charge in [-0.05, 0) is 40.3 Å². The van der Waals surface area contributed by atoms with Gasteiger partial charge in [-0.15, -0.1) is 0 Å². The number of hydrogen-bond acceptors (Lipinski definition) is 4. The third-order valence-electron chi connectivity index (χ3n) is 3.45. The first kappa shape index (κ1) is 16.5. The summed E-state index contributed by atoms with van der Waals surface area (Å²) in [7, 11) is 2.08. The number of aryl methyl sites for hydroxylation is 1. The molecule has 4 N–H and O–H groups in total. The summed E-state index contributed by atoms with van der Waals surface area (Å²) in [4.78, 5) is 14.2. The summed E-state index contributed by atoms with van der Waals surface area (Å²) in [6, 6.07) is 0.518. The van der Waals surface area contributed by atoms with Crippen LogP contribution in [0.15, 0.2) is 0 Å². The van der Waals surface area contributed by atoms with Gasteiger partial charge in [0.05, 0.1) is 11.4 Å². The predicted molar refractivity (Wildman–Crippen MR) is 81.7 cm³/mol. The molecular formula is C14H27N5O. The number of amides is 1. The Labute approximate surface area is 121 Å². The molecule has 1 aromatic heterocycles. The number of anilines is 1. The van der Waals surface area contributed by atoms with Gasteiger partial charge >= 0.3 is 0 Å². The molecule has 1 heterocycles. The number of aromatic amines is 1. The molecule has 6 heteroatoms. The lowest BCUT2D eigenvalue weighted by molar-refractivity contribution is 0.0947. The molecule has 0 radical (unpaired) electrons. The largest absolute Gasteiger partial charge is 0.395 e. The minimum absolute atomic E-state index is 0.201. The van der Waals surface area contributed by atoms with Crippen LogP contribution in [0.3, 0.4) is 0 Å². The highest BCUT2D eigenvalue weighted by Gasteiger charge is 2.16. The molecule has 0 saturated heterocycles. The van der Waals surface area contributed by atoms with Crippen molar-refractivity contribution in [3.05, 3.63) is 11.4 Å². The molecular weight excluding hydrogens is 254 g/mol. The molecule has 0 aliphatic carbocycles. The van der Waals surface area contributed by atoms with E-state index in [-0.39, 0.29) is 5.91 Å². The Bertz CT molecular complexity index is 427. The minimum atomic E-state index is -0.201. The van der Waals surface area contributed by atoms with Crippen LogP contribution in [0, 0.1) is 0 Å². The maximum atomic E-state index is 12.0. The van der Waals surface area contributed by atoms with E-state index < -0.39 is 0 Å². The molecule has 0 fully saturated rings. The quantitative estimate of drug-likeness (QED) is 0.629. The molecule has 0 unspecified atom stereocenters. The van der Waals surface area contributed by atoms with Crippen molar-refractivity contribution in [2.45, 2.75) is 46.1 Å². The number of rotatable bonds is 8. The van der Waals surface area contributed by atoms with Crippen LogP contribution >= 0.6 is 0 Å². The van der Waals surface area contributed by atoms with Crippen molar-refractivity contribution in [2.24, 2.45) is 0 Å². The van der Waals surface area contributed by atoms with Crippen LogP contribution in [0.2, 0.25) is 0 Å². The lowest BCUT2D eigenvalue weighted by atomic mass is 10.2. The highest BCUT2D eigenvalue weighted by molar-refractivity contribution is 5.97. The smallest absolute Gasteiger partial charge is 0.273 e. The van der Waals surface area contributed by atoms with Gasteiger partial charge in [-0.25, -0.2) is 0 Å². The molecule has 20 heavy (non-hydrogen) atoms. The number of nitrogens with zero attached hydrogens (tertiary/aromatic N) is 2. The predicted octanol–water partition coefficient (Wildman–Crippen LogP) is 1.40. The maximum absolute atomic E-state index is 12.0. The van der Waals surface area contributed by atoms with Gasteiger partial charge in [-0.1, -0.05) is 13.3 Å². The fourth-order valence-electron chi connectivity index (χ4n) is 1.87. The normalized spacial score (nSPS) is 11.3. The molecule has 1 aromatic rings. The van der Waals surface area contributed by atoms with Crippen LogP contribution in [0.5, 0.6) is 0 Å². The average Bonchev–Trinajstić information content (AvgIpc) is 2.76. The Kier molecular flexibility index (Phi) is 6.51. The van der Waals surface area contributed by atoms with Gasteiger partial charge in [0.1, 0.15) is 0 Å². The summed E-state index contributed by atoms with van der Waals surface area (Å²) in [5.41, 5.74) is 7.55. The van der Waals surface area contributed by atoms with Crippen LogP contribution < -0.4 is 11.1 Å². The summed E-state index contributed by atoms with van der Waals surface area (Å²) in [5, 5.41) is 9.70. The van der Waals surface area contributed by atoms with Crippen LogP contribution in [-0.4, -0.2) is 47.2 Å². The van der Waals surface area contributed by atoms with Crippen molar-refractivity contribution < 1.29 is 4.79 Å². The Hall–Kier alpha value is -1.56. The zero-order valence-electron chi connectivity index (χ0n) is 13.0. The Morgan fingerprint density at radius 1 is 1.50 bits per heavy atom. The van der Waals surface area contributed by atoms with Crippen molar-refractivity contribution in [1.29, 1.82) is 0 Å². The number of carbonyl (C=O) groups excluding carboxylic acids is 1. The van der Waals surface area contributed by atoms with Crippen molar-refractivity contribution >= 4 is 11.6 Å². The molecule has 6 nitrogen and oxygen atoms in total. The number of nitrogens with one attached hydrogen (secondary N) is 2. The minimum Gasteiger partial charge on any atom is -0.395 e. The average molecular weight is 281 g/mol. The highest BCUT2D eigenvalue weighted by Crippen LogP contribution is 2.15. The van der Waals surface area contributed by atoms with Crippen molar-refractivity contribution in [1.82, 2.24) is 20.4 Å². The molecule has 0 aliphatic rings. The SMILES string of the molecule is CCCc1[nH]nc(C(=O)NCCCN(C)C(C)C)c1N. The zero-order chi connectivity index (χ0) is 15.1. The van der Waals surface area contributed by atoms with Gasteiger partial charge in [0.2, 0.25) is 0 Å². The Balaban J connectivity index is 2.40. The highest BCUT2D eigenvalue weighted by atomic mass is 16.1. The van der Waals surface area contributed by atoms with Gasteiger partial charge in [0.15, 0.2) is 5.69 Å². The molecule has 0 aromatic carbocycles. The molecule has 114 valence electrons. The number of nitrogen functional groups attached to an aromatic ring is 1. The van der Waals surface area contributed by atoms with Crippen molar-refractivity contribution in [2.75, 3.05) is 25.9 Å². The summed E-state index contributed by atoms with van der Waals surface area (Å²) >= 11 is 0. The van der Waals surface area contributed by atoms with E-state index in [0.29, 0.717) is 24.0 Å². The van der Waals surface area contributed by atoms with Crippen molar-refractivity contribution in [3.63, 3.8) is 0 Å². The van der Waals surface area contributed by atoms with E-state index in [0.717, 1.165) is 31.5 Å². The number of H-pyrrole nitrogens is 1. The molecule has 0 aliphatic heterocycles. The second kappa shape index (κ2) is 7.89. The van der Waals surface area contributed by atoms with Gasteiger partial charge in [-0.3, -0.25) is 9.89 Å². The second-order valence-corrected chi connectivity index (χ2v) is 5.40. The third-order valence-corrected chi connectivity index (χ3v) is 3.45. The molecule has 0 atom stereocenters. The van der Waals surface area contributed by atoms with Gasteiger partial charge < -0.3 is 16.0 Å². The molecule has 0 spiro atoms. The summed E-state index contributed by atoms with van der Waals surface area (Å²) in [5.74, 6) is -0.201. The monoisotopic (exact) mass is 281 g/mol. The lowest BCUT2D eigenvalue weighted by Crippen LogP contribution is -2.31. The number of aromatic nitrogens is 2. The van der Waals surface area contributed by atoms with Gasteiger partial charge in [-0.2, -0.15) is 5.10 Å². The van der Waals surface area contributed by atoms with Crippen LogP contribution in [0.25, 0.3) is 0 Å². The first-order valence-electron chi connectivity index (χ1n) is 7.28. The van der Waals surface area contributed by atoms with E-state index in [9.17, 15) is 4.79 Å². The molecule has 1 amide bonds. The first-order valence-corrected chi connectivity index (χ1v) is 7.28. The van der Waals surface area contributed by atoms with Gasteiger partial charge in [0, 0.05) is 12.6 Å². The van der Waals surface area contributed by atoms with Crippen molar-refractivity contribution in [3.8, 4) is 0 Å². The van der Waals surface area contributed by atoms with E-state index in [1.165, 1.54) is 0 Å². The summed E-state index contributed by atoms with van der Waals surface area (Å²) in [6.07, 6.45) is 2.69. The lowest BCUT2D eigenvalue weighted by Gasteiger charge is -2.20. The maximum Gasteiger partial charge on any atom is 0.273 e. The van der Waals surface area contributed by atoms with Gasteiger partial charge in [0.25, 0.3) is 5.91 Å². The molecule has 0 bridgehead atoms. The first-order chi connectivity index (χ1) is 9.47. The van der Waals surface area contributed by atoms with Crippen LogP contribution in [-0.2, 0) is 6.42 Å². The van der Waals surface area contributed by atoms with Crippen LogP contribution in [0.4, 0.5) is 5.69 Å². The van der Waals surface area contributed by atoms with E-state index in [4.69, 9.17) is 5.73 Å². The number of nitrogens with two attached hydrogens (primary N) is 1. The zero-order valence-corrected chi connectivity index (χ0v) is 13.0. The Morgan fingerprint density at radius 3 is 2.80 bits per heavy atom. The number of carbonyl (C=O) groups is 1. The van der Waals surface area contributed by atoms with E-state index in [1.807, 2.05) is 0 Å². The fourth-order valence-corrected chi connectivity index (χ4v) is 1.87. The summed E-state index contributed by atoms with van der Waals surface area (Å²) in [6.45, 7) is 7.95. The topological polar surface area (TPSA) is 87.0 Å². The second-order valence-electron chi connectivity index (χ2n) is 5.40.